The number of anilines is 1. The second kappa shape index (κ2) is 6.46. The number of thiazole rings is 1. The third-order valence-corrected chi connectivity index (χ3v) is 5.68. The summed E-state index contributed by atoms with van der Waals surface area (Å²) in [5.41, 5.74) is 1.75. The predicted molar refractivity (Wildman–Crippen MR) is 91.6 cm³/mol. The Hall–Kier alpha value is -1.57. The fourth-order valence-corrected chi connectivity index (χ4v) is 4.00. The van der Waals surface area contributed by atoms with Gasteiger partial charge in [0.25, 0.3) is 0 Å². The lowest BCUT2D eigenvalue weighted by Gasteiger charge is -2.06. The van der Waals surface area contributed by atoms with Crippen molar-refractivity contribution in [3.8, 4) is 0 Å². The summed E-state index contributed by atoms with van der Waals surface area (Å²) in [5.74, 6) is 0. The summed E-state index contributed by atoms with van der Waals surface area (Å²) in [6, 6.07) is 9.53. The number of urea groups is 1. The van der Waals surface area contributed by atoms with E-state index >= 15 is 0 Å². The zero-order valence-corrected chi connectivity index (χ0v) is 13.7. The van der Waals surface area contributed by atoms with Crippen molar-refractivity contribution >= 4 is 56.4 Å². The smallest absolute Gasteiger partial charge is 0.319 e. The third-order valence-electron chi connectivity index (χ3n) is 2.80. The number of thioether (sulfide) groups is 1. The molecule has 0 spiro atoms. The number of hydrogen-bond acceptors (Lipinski definition) is 5. The Balaban J connectivity index is 1.65. The van der Waals surface area contributed by atoms with Crippen LogP contribution in [0.1, 0.15) is 4.88 Å². The third kappa shape index (κ3) is 3.55. The highest BCUT2D eigenvalue weighted by Gasteiger charge is 2.06. The van der Waals surface area contributed by atoms with E-state index in [9.17, 15) is 4.79 Å². The average Bonchev–Trinajstić information content (AvgIpc) is 3.13. The molecule has 0 radical (unpaired) electrons. The minimum atomic E-state index is -0.197. The van der Waals surface area contributed by atoms with E-state index < -0.39 is 0 Å². The number of carbonyl (C=O) groups is 1. The lowest BCUT2D eigenvalue weighted by Crippen LogP contribution is -2.27. The van der Waals surface area contributed by atoms with Gasteiger partial charge in [-0.05, 0) is 35.9 Å². The number of nitrogens with one attached hydrogen (secondary N) is 2. The van der Waals surface area contributed by atoms with E-state index in [-0.39, 0.29) is 6.03 Å². The van der Waals surface area contributed by atoms with Gasteiger partial charge in [-0.1, -0.05) is 17.8 Å². The Morgan fingerprint density at radius 1 is 1.38 bits per heavy atom. The number of fused-ring (bicyclic) bond motifs is 1. The molecule has 7 heteroatoms. The van der Waals surface area contributed by atoms with Crippen LogP contribution < -0.4 is 10.6 Å². The van der Waals surface area contributed by atoms with Gasteiger partial charge in [0.15, 0.2) is 4.34 Å². The molecule has 0 fully saturated rings. The zero-order valence-electron chi connectivity index (χ0n) is 11.3. The van der Waals surface area contributed by atoms with Gasteiger partial charge in [0.2, 0.25) is 0 Å². The van der Waals surface area contributed by atoms with Crippen LogP contribution in [0.3, 0.4) is 0 Å². The van der Waals surface area contributed by atoms with Gasteiger partial charge in [-0.15, -0.1) is 22.7 Å². The maximum Gasteiger partial charge on any atom is 0.319 e. The van der Waals surface area contributed by atoms with E-state index in [2.05, 4.69) is 15.6 Å². The molecule has 0 bridgehead atoms. The molecule has 0 aliphatic carbocycles. The Morgan fingerprint density at radius 2 is 2.29 bits per heavy atom. The number of amides is 2. The number of carbonyl (C=O) groups excluding carboxylic acids is 1. The van der Waals surface area contributed by atoms with E-state index in [4.69, 9.17) is 0 Å². The van der Waals surface area contributed by atoms with Crippen molar-refractivity contribution in [3.63, 3.8) is 0 Å². The molecule has 108 valence electrons. The largest absolute Gasteiger partial charge is 0.333 e. The fourth-order valence-electron chi connectivity index (χ4n) is 1.82. The van der Waals surface area contributed by atoms with Gasteiger partial charge >= 0.3 is 6.03 Å². The van der Waals surface area contributed by atoms with Crippen molar-refractivity contribution in [2.24, 2.45) is 0 Å². The van der Waals surface area contributed by atoms with Crippen LogP contribution in [0.2, 0.25) is 0 Å². The summed E-state index contributed by atoms with van der Waals surface area (Å²) in [5, 5.41) is 7.69. The maximum atomic E-state index is 11.9. The maximum absolute atomic E-state index is 11.9. The molecule has 0 saturated carbocycles. The minimum absolute atomic E-state index is 0.197. The normalized spacial score (nSPS) is 10.7. The summed E-state index contributed by atoms with van der Waals surface area (Å²) >= 11 is 4.89. The summed E-state index contributed by atoms with van der Waals surface area (Å²) in [4.78, 5) is 17.5. The number of hydrogen-bond donors (Lipinski definition) is 2. The number of aromatic nitrogens is 1. The number of rotatable bonds is 4. The quantitative estimate of drug-likeness (QED) is 0.695. The van der Waals surface area contributed by atoms with Crippen molar-refractivity contribution in [2.75, 3.05) is 11.6 Å². The Morgan fingerprint density at radius 3 is 3.05 bits per heavy atom. The highest BCUT2D eigenvalue weighted by atomic mass is 32.2. The molecule has 1 aromatic carbocycles. The van der Waals surface area contributed by atoms with Crippen molar-refractivity contribution in [3.05, 3.63) is 40.6 Å². The van der Waals surface area contributed by atoms with Crippen LogP contribution in [0, 0.1) is 0 Å². The van der Waals surface area contributed by atoms with E-state index in [1.165, 1.54) is 0 Å². The topological polar surface area (TPSA) is 54.0 Å². The van der Waals surface area contributed by atoms with Crippen LogP contribution in [-0.4, -0.2) is 17.3 Å². The number of benzene rings is 1. The predicted octanol–water partition coefficient (Wildman–Crippen LogP) is 4.40. The van der Waals surface area contributed by atoms with E-state index in [1.54, 1.807) is 34.4 Å². The molecule has 21 heavy (non-hydrogen) atoms. The molecule has 0 aliphatic heterocycles. The summed E-state index contributed by atoms with van der Waals surface area (Å²) in [7, 11) is 0. The lowest BCUT2D eigenvalue weighted by molar-refractivity contribution is 0.252. The molecule has 0 saturated heterocycles. The lowest BCUT2D eigenvalue weighted by atomic mass is 10.3. The summed E-state index contributed by atoms with van der Waals surface area (Å²) in [6.45, 7) is 0.545. The van der Waals surface area contributed by atoms with Crippen molar-refractivity contribution in [1.82, 2.24) is 10.3 Å². The molecule has 2 aromatic heterocycles. The molecule has 0 aliphatic rings. The van der Waals surface area contributed by atoms with Gasteiger partial charge < -0.3 is 10.6 Å². The van der Waals surface area contributed by atoms with E-state index in [1.807, 2.05) is 42.0 Å². The van der Waals surface area contributed by atoms with E-state index in [0.29, 0.717) is 6.54 Å². The van der Waals surface area contributed by atoms with Crippen molar-refractivity contribution < 1.29 is 4.79 Å². The van der Waals surface area contributed by atoms with Crippen LogP contribution in [0.5, 0.6) is 0 Å². The van der Waals surface area contributed by atoms with Gasteiger partial charge in [0.05, 0.1) is 16.8 Å². The highest BCUT2D eigenvalue weighted by Crippen LogP contribution is 2.29. The number of nitrogens with zero attached hydrogens (tertiary/aromatic N) is 1. The molecule has 3 aromatic rings. The molecule has 0 atom stereocenters. The van der Waals surface area contributed by atoms with Crippen LogP contribution in [0.15, 0.2) is 40.1 Å². The van der Waals surface area contributed by atoms with Gasteiger partial charge in [-0.25, -0.2) is 9.78 Å². The van der Waals surface area contributed by atoms with Gasteiger partial charge in [-0.3, -0.25) is 0 Å². The van der Waals surface area contributed by atoms with Crippen LogP contribution in [0.25, 0.3) is 10.2 Å². The summed E-state index contributed by atoms with van der Waals surface area (Å²) in [6.07, 6.45) is 2.01. The van der Waals surface area contributed by atoms with Crippen molar-refractivity contribution in [1.29, 1.82) is 0 Å². The monoisotopic (exact) mass is 335 g/mol. The molecule has 2 heterocycles. The summed E-state index contributed by atoms with van der Waals surface area (Å²) < 4.78 is 2.11. The second-order valence-electron chi connectivity index (χ2n) is 4.25. The molecule has 2 amide bonds. The molecular formula is C14H13N3OS3. The van der Waals surface area contributed by atoms with Crippen LogP contribution in [0.4, 0.5) is 10.5 Å². The van der Waals surface area contributed by atoms with Crippen LogP contribution in [-0.2, 0) is 6.54 Å². The molecule has 0 unspecified atom stereocenters. The standard InChI is InChI=1S/C14H13N3OS3/c1-19-14-17-11-5-4-9(7-12(11)21-14)16-13(18)15-8-10-3-2-6-20-10/h2-7H,8H2,1H3,(H2,15,16,18). The number of thiophene rings is 1. The second-order valence-corrected chi connectivity index (χ2v) is 7.37. The molecule has 3 rings (SSSR count). The first-order chi connectivity index (χ1) is 10.2. The first kappa shape index (κ1) is 14.4. The molecule has 2 N–H and O–H groups in total. The first-order valence-electron chi connectivity index (χ1n) is 6.26. The van der Waals surface area contributed by atoms with Crippen LogP contribution >= 0.6 is 34.4 Å². The van der Waals surface area contributed by atoms with Gasteiger partial charge in [0, 0.05) is 10.6 Å². The minimum Gasteiger partial charge on any atom is -0.333 e. The van der Waals surface area contributed by atoms with Gasteiger partial charge in [0.1, 0.15) is 0 Å². The van der Waals surface area contributed by atoms with Crippen molar-refractivity contribution in [2.45, 2.75) is 10.9 Å². The molecule has 4 nitrogen and oxygen atoms in total. The fraction of sp³-hybridized carbons (Fsp3) is 0.143. The van der Waals surface area contributed by atoms with E-state index in [0.717, 1.165) is 25.1 Å². The Labute approximate surface area is 134 Å². The Kier molecular flexibility index (Phi) is 4.42. The molecular weight excluding hydrogens is 322 g/mol. The SMILES string of the molecule is CSc1nc2ccc(NC(=O)NCc3cccs3)cc2s1. The highest BCUT2D eigenvalue weighted by molar-refractivity contribution is 8.00. The first-order valence-corrected chi connectivity index (χ1v) is 9.18. The Bertz CT molecular complexity index is 752. The van der Waals surface area contributed by atoms with Gasteiger partial charge in [-0.2, -0.15) is 0 Å². The average molecular weight is 335 g/mol. The zero-order chi connectivity index (χ0) is 14.7.